The minimum absolute atomic E-state index is 0.167. The highest BCUT2D eigenvalue weighted by Crippen LogP contribution is 2.11. The monoisotopic (exact) mass is 255 g/mol. The SMILES string of the molecule is CC(C)(C)NCCCCCc1ccc(F)c(F)c1. The number of aryl methyl sites for hydroxylation is 1. The summed E-state index contributed by atoms with van der Waals surface area (Å²) >= 11 is 0. The van der Waals surface area contributed by atoms with Crippen LogP contribution in [-0.4, -0.2) is 12.1 Å². The van der Waals surface area contributed by atoms with Crippen LogP contribution >= 0.6 is 0 Å². The van der Waals surface area contributed by atoms with Crippen LogP contribution in [0.5, 0.6) is 0 Å². The molecule has 1 aromatic rings. The maximum absolute atomic E-state index is 13.0. The summed E-state index contributed by atoms with van der Waals surface area (Å²) in [6.45, 7) is 7.44. The number of hydrogen-bond acceptors (Lipinski definition) is 1. The number of halogens is 2. The largest absolute Gasteiger partial charge is 0.312 e. The predicted molar refractivity (Wildman–Crippen MR) is 71.7 cm³/mol. The van der Waals surface area contributed by atoms with E-state index in [0.29, 0.717) is 0 Å². The molecule has 1 aromatic carbocycles. The molecule has 18 heavy (non-hydrogen) atoms. The third-order valence-electron chi connectivity index (χ3n) is 2.78. The molecule has 0 spiro atoms. The molecular weight excluding hydrogens is 232 g/mol. The second-order valence-electron chi connectivity index (χ2n) is 5.74. The van der Waals surface area contributed by atoms with Gasteiger partial charge >= 0.3 is 0 Å². The molecule has 0 unspecified atom stereocenters. The first-order chi connectivity index (χ1) is 8.38. The Labute approximate surface area is 109 Å². The van der Waals surface area contributed by atoms with Crippen molar-refractivity contribution in [3.63, 3.8) is 0 Å². The molecule has 0 aliphatic carbocycles. The smallest absolute Gasteiger partial charge is 0.159 e. The van der Waals surface area contributed by atoms with Crippen LogP contribution in [0, 0.1) is 11.6 Å². The first kappa shape index (κ1) is 15.1. The fourth-order valence-corrected chi connectivity index (χ4v) is 1.79. The molecule has 0 aliphatic heterocycles. The van der Waals surface area contributed by atoms with Gasteiger partial charge in [-0.25, -0.2) is 8.78 Å². The van der Waals surface area contributed by atoms with E-state index >= 15 is 0 Å². The molecule has 1 rings (SSSR count). The molecule has 0 aromatic heterocycles. The fourth-order valence-electron chi connectivity index (χ4n) is 1.79. The highest BCUT2D eigenvalue weighted by molar-refractivity contribution is 5.17. The molecule has 102 valence electrons. The number of hydrogen-bond donors (Lipinski definition) is 1. The Morgan fingerprint density at radius 1 is 1.00 bits per heavy atom. The molecular formula is C15H23F2N. The second kappa shape index (κ2) is 6.83. The van der Waals surface area contributed by atoms with Crippen molar-refractivity contribution in [2.45, 2.75) is 52.0 Å². The lowest BCUT2D eigenvalue weighted by atomic mass is 10.1. The summed E-state index contributed by atoms with van der Waals surface area (Å²) in [6, 6.07) is 4.15. The van der Waals surface area contributed by atoms with Gasteiger partial charge in [-0.2, -0.15) is 0 Å². The second-order valence-corrected chi connectivity index (χ2v) is 5.74. The number of nitrogens with one attached hydrogen (secondary N) is 1. The molecule has 0 radical (unpaired) electrons. The molecule has 1 N–H and O–H groups in total. The maximum Gasteiger partial charge on any atom is 0.159 e. The molecule has 0 atom stereocenters. The Morgan fingerprint density at radius 3 is 2.33 bits per heavy atom. The van der Waals surface area contributed by atoms with E-state index in [1.54, 1.807) is 6.07 Å². The Bertz CT molecular complexity index is 369. The Kier molecular flexibility index (Phi) is 5.73. The van der Waals surface area contributed by atoms with Crippen LogP contribution in [-0.2, 0) is 6.42 Å². The van der Waals surface area contributed by atoms with Crippen LogP contribution in [0.3, 0.4) is 0 Å². The summed E-state index contributed by atoms with van der Waals surface area (Å²) < 4.78 is 25.7. The quantitative estimate of drug-likeness (QED) is 0.756. The minimum Gasteiger partial charge on any atom is -0.312 e. The molecule has 0 amide bonds. The van der Waals surface area contributed by atoms with Crippen LogP contribution in [0.25, 0.3) is 0 Å². The summed E-state index contributed by atoms with van der Waals surface area (Å²) in [6.07, 6.45) is 4.03. The van der Waals surface area contributed by atoms with Crippen molar-refractivity contribution < 1.29 is 8.78 Å². The van der Waals surface area contributed by atoms with E-state index in [2.05, 4.69) is 26.1 Å². The van der Waals surface area contributed by atoms with Gasteiger partial charge in [0.2, 0.25) is 0 Å². The summed E-state index contributed by atoms with van der Waals surface area (Å²) in [5.74, 6) is -1.52. The topological polar surface area (TPSA) is 12.0 Å². The van der Waals surface area contributed by atoms with Crippen molar-refractivity contribution in [2.75, 3.05) is 6.54 Å². The summed E-state index contributed by atoms with van der Waals surface area (Å²) in [5.41, 5.74) is 1.04. The van der Waals surface area contributed by atoms with Crippen LogP contribution in [0.1, 0.15) is 45.6 Å². The van der Waals surface area contributed by atoms with Gasteiger partial charge < -0.3 is 5.32 Å². The normalized spacial score (nSPS) is 11.8. The van der Waals surface area contributed by atoms with Gasteiger partial charge in [0.25, 0.3) is 0 Å². The van der Waals surface area contributed by atoms with E-state index in [1.807, 2.05) is 0 Å². The van der Waals surface area contributed by atoms with Crippen LogP contribution in [0.4, 0.5) is 8.78 Å². The lowest BCUT2D eigenvalue weighted by Crippen LogP contribution is -2.36. The lowest BCUT2D eigenvalue weighted by molar-refractivity contribution is 0.417. The van der Waals surface area contributed by atoms with E-state index in [-0.39, 0.29) is 5.54 Å². The molecule has 1 nitrogen and oxygen atoms in total. The first-order valence-electron chi connectivity index (χ1n) is 6.57. The van der Waals surface area contributed by atoms with Gasteiger partial charge in [0.1, 0.15) is 0 Å². The average molecular weight is 255 g/mol. The van der Waals surface area contributed by atoms with Gasteiger partial charge in [-0.05, 0) is 64.3 Å². The standard InChI is InChI=1S/C15H23F2N/c1-15(2,3)18-10-6-4-5-7-12-8-9-13(16)14(17)11-12/h8-9,11,18H,4-7,10H2,1-3H3. The van der Waals surface area contributed by atoms with Crippen molar-refractivity contribution >= 4 is 0 Å². The van der Waals surface area contributed by atoms with Gasteiger partial charge in [0.15, 0.2) is 11.6 Å². The molecule has 0 saturated heterocycles. The van der Waals surface area contributed by atoms with Crippen molar-refractivity contribution in [3.05, 3.63) is 35.4 Å². The number of benzene rings is 1. The maximum atomic E-state index is 13.0. The fraction of sp³-hybridized carbons (Fsp3) is 0.600. The zero-order chi connectivity index (χ0) is 13.6. The highest BCUT2D eigenvalue weighted by Gasteiger charge is 2.07. The van der Waals surface area contributed by atoms with Crippen LogP contribution in [0.15, 0.2) is 18.2 Å². The third kappa shape index (κ3) is 6.10. The molecule has 0 saturated carbocycles. The summed E-state index contributed by atoms with van der Waals surface area (Å²) in [7, 11) is 0. The predicted octanol–water partition coefficient (Wildman–Crippen LogP) is 4.07. The number of rotatable bonds is 6. The van der Waals surface area contributed by atoms with Crippen molar-refractivity contribution in [1.82, 2.24) is 5.32 Å². The Morgan fingerprint density at radius 2 is 1.72 bits per heavy atom. The molecule has 3 heteroatoms. The zero-order valence-electron chi connectivity index (χ0n) is 11.5. The van der Waals surface area contributed by atoms with Gasteiger partial charge in [-0.1, -0.05) is 12.5 Å². The van der Waals surface area contributed by atoms with E-state index in [4.69, 9.17) is 0 Å². The van der Waals surface area contributed by atoms with Crippen LogP contribution < -0.4 is 5.32 Å². The molecule has 0 fully saturated rings. The van der Waals surface area contributed by atoms with Gasteiger partial charge in [-0.3, -0.25) is 0 Å². The van der Waals surface area contributed by atoms with E-state index in [1.165, 1.54) is 12.1 Å². The van der Waals surface area contributed by atoms with E-state index in [0.717, 1.165) is 37.8 Å². The Hall–Kier alpha value is -0.960. The Balaban J connectivity index is 2.16. The zero-order valence-corrected chi connectivity index (χ0v) is 11.5. The number of unbranched alkanes of at least 4 members (excludes halogenated alkanes) is 2. The minimum atomic E-state index is -0.770. The first-order valence-corrected chi connectivity index (χ1v) is 6.57. The van der Waals surface area contributed by atoms with Crippen molar-refractivity contribution in [2.24, 2.45) is 0 Å². The van der Waals surface area contributed by atoms with Crippen LogP contribution in [0.2, 0.25) is 0 Å². The highest BCUT2D eigenvalue weighted by atomic mass is 19.2. The summed E-state index contributed by atoms with van der Waals surface area (Å²) in [5, 5.41) is 3.43. The molecule has 0 heterocycles. The van der Waals surface area contributed by atoms with E-state index < -0.39 is 11.6 Å². The average Bonchev–Trinajstić information content (AvgIpc) is 2.26. The lowest BCUT2D eigenvalue weighted by Gasteiger charge is -2.20. The van der Waals surface area contributed by atoms with Crippen molar-refractivity contribution in [3.8, 4) is 0 Å². The van der Waals surface area contributed by atoms with Crippen molar-refractivity contribution in [1.29, 1.82) is 0 Å². The van der Waals surface area contributed by atoms with Gasteiger partial charge in [0.05, 0.1) is 0 Å². The molecule has 0 bridgehead atoms. The van der Waals surface area contributed by atoms with E-state index in [9.17, 15) is 8.78 Å². The summed E-state index contributed by atoms with van der Waals surface area (Å²) in [4.78, 5) is 0. The molecule has 0 aliphatic rings. The van der Waals surface area contributed by atoms with Gasteiger partial charge in [0, 0.05) is 5.54 Å². The third-order valence-corrected chi connectivity index (χ3v) is 2.78. The van der Waals surface area contributed by atoms with Gasteiger partial charge in [-0.15, -0.1) is 0 Å².